The lowest BCUT2D eigenvalue weighted by molar-refractivity contribution is -0.146. The van der Waals surface area contributed by atoms with E-state index in [0.29, 0.717) is 5.56 Å². The van der Waals surface area contributed by atoms with Crippen molar-refractivity contribution in [2.24, 2.45) is 0 Å². The predicted molar refractivity (Wildman–Crippen MR) is 68.1 cm³/mol. The molecule has 1 saturated carbocycles. The molecule has 0 radical (unpaired) electrons. The lowest BCUT2D eigenvalue weighted by atomic mass is 9.86. The Kier molecular flexibility index (Phi) is 3.67. The van der Waals surface area contributed by atoms with Crippen LogP contribution in [-0.2, 0) is 11.6 Å². The molecule has 0 amide bonds. The van der Waals surface area contributed by atoms with Crippen molar-refractivity contribution in [2.75, 3.05) is 0 Å². The number of hydrogen-bond acceptors (Lipinski definition) is 1. The Morgan fingerprint density at radius 1 is 1.11 bits per heavy atom. The fourth-order valence-electron chi connectivity index (χ4n) is 2.80. The number of nitrogens with zero attached hydrogens (tertiary/aromatic N) is 2. The molecule has 1 aliphatic rings. The van der Waals surface area contributed by atoms with E-state index in [2.05, 4.69) is 5.10 Å². The summed E-state index contributed by atoms with van der Waals surface area (Å²) in [7, 11) is 0. The van der Waals surface area contributed by atoms with Crippen LogP contribution >= 0.6 is 0 Å². The lowest BCUT2D eigenvalue weighted by Crippen LogP contribution is -2.25. The third-order valence-electron chi connectivity index (χ3n) is 3.79. The molecule has 1 aromatic rings. The molecule has 19 heavy (non-hydrogen) atoms. The Balaban J connectivity index is 2.47. The van der Waals surface area contributed by atoms with E-state index in [1.807, 2.05) is 0 Å². The van der Waals surface area contributed by atoms with Crippen LogP contribution in [0.25, 0.3) is 0 Å². The molecule has 2 rings (SSSR count). The van der Waals surface area contributed by atoms with Gasteiger partial charge in [-0.3, -0.25) is 4.68 Å². The molecule has 0 atom stereocenters. The lowest BCUT2D eigenvalue weighted by Gasteiger charge is -2.26. The highest BCUT2D eigenvalue weighted by atomic mass is 19.4. The summed E-state index contributed by atoms with van der Waals surface area (Å²) in [6.07, 6.45) is 1.77. The molecular formula is C14H21F3N2. The van der Waals surface area contributed by atoms with E-state index >= 15 is 0 Å². The van der Waals surface area contributed by atoms with Gasteiger partial charge in [0.25, 0.3) is 0 Å². The predicted octanol–water partition coefficient (Wildman–Crippen LogP) is 4.70. The van der Waals surface area contributed by atoms with Gasteiger partial charge in [0.1, 0.15) is 5.69 Å². The third kappa shape index (κ3) is 2.95. The fraction of sp³-hybridized carbons (Fsp3) is 0.786. The smallest absolute Gasteiger partial charge is 0.257 e. The summed E-state index contributed by atoms with van der Waals surface area (Å²) in [5.41, 5.74) is -0.796. The third-order valence-corrected chi connectivity index (χ3v) is 3.79. The fourth-order valence-corrected chi connectivity index (χ4v) is 2.80. The Bertz CT molecular complexity index is 435. The standard InChI is InChI=1S/C14H21F3N2/c1-13(2,3)11-9-18-19(12(11)14(15,16)17)10-7-5-4-6-8-10/h9-10H,4-8H2,1-3H3. The summed E-state index contributed by atoms with van der Waals surface area (Å²) >= 11 is 0. The van der Waals surface area contributed by atoms with Gasteiger partial charge in [-0.2, -0.15) is 18.3 Å². The van der Waals surface area contributed by atoms with E-state index in [1.165, 1.54) is 10.9 Å². The molecule has 5 heteroatoms. The summed E-state index contributed by atoms with van der Waals surface area (Å²) < 4.78 is 41.3. The molecule has 1 aromatic heterocycles. The van der Waals surface area contributed by atoms with Crippen LogP contribution in [0.1, 0.15) is 70.2 Å². The first-order valence-electron chi connectivity index (χ1n) is 6.86. The van der Waals surface area contributed by atoms with Crippen LogP contribution in [0.4, 0.5) is 13.2 Å². The maximum Gasteiger partial charge on any atom is 0.433 e. The molecular weight excluding hydrogens is 253 g/mol. The Morgan fingerprint density at radius 3 is 2.16 bits per heavy atom. The zero-order valence-electron chi connectivity index (χ0n) is 11.7. The number of rotatable bonds is 1. The van der Waals surface area contributed by atoms with Gasteiger partial charge in [0.05, 0.1) is 12.2 Å². The largest absolute Gasteiger partial charge is 0.433 e. The monoisotopic (exact) mass is 274 g/mol. The zero-order valence-corrected chi connectivity index (χ0v) is 11.7. The van der Waals surface area contributed by atoms with Crippen molar-refractivity contribution >= 4 is 0 Å². The van der Waals surface area contributed by atoms with Crippen molar-refractivity contribution in [3.63, 3.8) is 0 Å². The summed E-state index contributed by atoms with van der Waals surface area (Å²) in [6, 6.07) is -0.0959. The van der Waals surface area contributed by atoms with Crippen LogP contribution in [-0.4, -0.2) is 9.78 Å². The molecule has 0 aliphatic heterocycles. The molecule has 108 valence electrons. The second-order valence-electron chi connectivity index (χ2n) is 6.39. The van der Waals surface area contributed by atoms with Gasteiger partial charge in [-0.05, 0) is 18.3 Å². The van der Waals surface area contributed by atoms with E-state index in [0.717, 1.165) is 32.1 Å². The molecule has 1 aliphatic carbocycles. The average Bonchev–Trinajstić information content (AvgIpc) is 2.74. The quantitative estimate of drug-likeness (QED) is 0.725. The van der Waals surface area contributed by atoms with Gasteiger partial charge in [-0.1, -0.05) is 40.0 Å². The highest BCUT2D eigenvalue weighted by Gasteiger charge is 2.42. The van der Waals surface area contributed by atoms with Gasteiger partial charge < -0.3 is 0 Å². The van der Waals surface area contributed by atoms with Crippen LogP contribution < -0.4 is 0 Å². The number of aromatic nitrogens is 2. The van der Waals surface area contributed by atoms with Crippen molar-refractivity contribution in [1.82, 2.24) is 9.78 Å². The maximum absolute atomic E-state index is 13.4. The van der Waals surface area contributed by atoms with E-state index in [-0.39, 0.29) is 6.04 Å². The van der Waals surface area contributed by atoms with Gasteiger partial charge in [-0.25, -0.2) is 0 Å². The SMILES string of the molecule is CC(C)(C)c1cnn(C2CCCCC2)c1C(F)(F)F. The highest BCUT2D eigenvalue weighted by Crippen LogP contribution is 2.40. The highest BCUT2D eigenvalue weighted by molar-refractivity contribution is 5.28. The first-order chi connectivity index (χ1) is 8.71. The molecule has 0 unspecified atom stereocenters. The van der Waals surface area contributed by atoms with Crippen LogP contribution in [0.2, 0.25) is 0 Å². The molecule has 1 fully saturated rings. The second kappa shape index (κ2) is 4.84. The Morgan fingerprint density at radius 2 is 1.68 bits per heavy atom. The summed E-state index contributed by atoms with van der Waals surface area (Å²) in [5.74, 6) is 0. The van der Waals surface area contributed by atoms with Gasteiger partial charge in [-0.15, -0.1) is 0 Å². The van der Waals surface area contributed by atoms with Crippen LogP contribution in [0.5, 0.6) is 0 Å². The van der Waals surface area contributed by atoms with Crippen molar-refractivity contribution in [2.45, 2.75) is 70.5 Å². The normalized spacial score (nSPS) is 18.8. The van der Waals surface area contributed by atoms with Gasteiger partial charge in [0.2, 0.25) is 0 Å². The topological polar surface area (TPSA) is 17.8 Å². The zero-order chi connectivity index (χ0) is 14.3. The molecule has 0 aromatic carbocycles. The van der Waals surface area contributed by atoms with E-state index < -0.39 is 17.3 Å². The second-order valence-corrected chi connectivity index (χ2v) is 6.39. The molecule has 0 saturated heterocycles. The van der Waals surface area contributed by atoms with E-state index in [9.17, 15) is 13.2 Å². The van der Waals surface area contributed by atoms with Gasteiger partial charge in [0.15, 0.2) is 0 Å². The van der Waals surface area contributed by atoms with Crippen molar-refractivity contribution in [3.05, 3.63) is 17.5 Å². The first-order valence-corrected chi connectivity index (χ1v) is 6.86. The first kappa shape index (κ1) is 14.4. The molecule has 0 bridgehead atoms. The minimum Gasteiger partial charge on any atom is -0.257 e. The molecule has 1 heterocycles. The van der Waals surface area contributed by atoms with Crippen molar-refractivity contribution in [1.29, 1.82) is 0 Å². The van der Waals surface area contributed by atoms with Crippen LogP contribution in [0.3, 0.4) is 0 Å². The van der Waals surface area contributed by atoms with Gasteiger partial charge >= 0.3 is 6.18 Å². The van der Waals surface area contributed by atoms with Crippen LogP contribution in [0.15, 0.2) is 6.20 Å². The molecule has 0 spiro atoms. The van der Waals surface area contributed by atoms with Gasteiger partial charge in [0, 0.05) is 5.56 Å². The molecule has 0 N–H and O–H groups in total. The number of halogens is 3. The molecule has 2 nitrogen and oxygen atoms in total. The minimum atomic E-state index is -4.34. The van der Waals surface area contributed by atoms with Crippen molar-refractivity contribution in [3.8, 4) is 0 Å². The van der Waals surface area contributed by atoms with E-state index in [4.69, 9.17) is 0 Å². The Labute approximate surface area is 112 Å². The van der Waals surface area contributed by atoms with Crippen molar-refractivity contribution < 1.29 is 13.2 Å². The minimum absolute atomic E-state index is 0.0959. The van der Waals surface area contributed by atoms with E-state index in [1.54, 1.807) is 20.8 Å². The number of alkyl halides is 3. The maximum atomic E-state index is 13.4. The summed E-state index contributed by atoms with van der Waals surface area (Å²) in [6.45, 7) is 5.39. The summed E-state index contributed by atoms with van der Waals surface area (Å²) in [4.78, 5) is 0. The van der Waals surface area contributed by atoms with Crippen LogP contribution in [0, 0.1) is 0 Å². The Hall–Kier alpha value is -1.00. The average molecular weight is 274 g/mol. The summed E-state index contributed by atoms with van der Waals surface area (Å²) in [5, 5.41) is 4.07. The number of hydrogen-bond donors (Lipinski definition) is 0.